The molecule has 3 heterocycles. The second kappa shape index (κ2) is 12.3. The third-order valence-electron chi connectivity index (χ3n) is 8.16. The van der Waals surface area contributed by atoms with Crippen LogP contribution in [0.5, 0.6) is 0 Å². The average Bonchev–Trinajstić information content (AvgIpc) is 3.53. The number of hydrogen-bond donors (Lipinski definition) is 3. The van der Waals surface area contributed by atoms with Crippen molar-refractivity contribution in [2.75, 3.05) is 31.1 Å². The number of ether oxygens (including phenoxy) is 1. The molecule has 11 nitrogen and oxygen atoms in total. The Hall–Kier alpha value is -4.26. The van der Waals surface area contributed by atoms with Gasteiger partial charge in [-0.25, -0.2) is 23.3 Å². The van der Waals surface area contributed by atoms with E-state index in [1.165, 1.54) is 6.07 Å². The average molecular weight is 587 g/mol. The highest BCUT2D eigenvalue weighted by Gasteiger charge is 2.48. The van der Waals surface area contributed by atoms with Crippen LogP contribution >= 0.6 is 0 Å². The SMILES string of the molecule is O=C(O)Cc1ccccc1N1CCC(N2CC[C@@H](NC(=O)N3C(=O)O[C@H](CC(=O)O)[C@@H]3c3ccc(F)c(F)c3)C2)CC1. The Morgan fingerprint density at radius 3 is 2.38 bits per heavy atom. The van der Waals surface area contributed by atoms with E-state index < -0.39 is 54.3 Å². The van der Waals surface area contributed by atoms with Crippen LogP contribution in [0.25, 0.3) is 0 Å². The normalized spacial score (nSPS) is 23.2. The van der Waals surface area contributed by atoms with Crippen LogP contribution in [-0.4, -0.2) is 88.4 Å². The van der Waals surface area contributed by atoms with Crippen LogP contribution in [0.3, 0.4) is 0 Å². The molecule has 3 atom stereocenters. The molecule has 13 heteroatoms. The van der Waals surface area contributed by atoms with Crippen molar-refractivity contribution in [3.8, 4) is 0 Å². The van der Waals surface area contributed by atoms with Gasteiger partial charge < -0.3 is 25.2 Å². The van der Waals surface area contributed by atoms with E-state index in [0.717, 1.165) is 60.8 Å². The predicted octanol–water partition coefficient (Wildman–Crippen LogP) is 3.38. The van der Waals surface area contributed by atoms with Crippen LogP contribution in [0.1, 0.15) is 42.9 Å². The zero-order valence-corrected chi connectivity index (χ0v) is 22.7. The number of nitrogens with zero attached hydrogens (tertiary/aromatic N) is 3. The van der Waals surface area contributed by atoms with Crippen LogP contribution in [0.15, 0.2) is 42.5 Å². The number of aliphatic carboxylic acids is 2. The lowest BCUT2D eigenvalue weighted by Gasteiger charge is -2.38. The molecule has 3 amide bonds. The van der Waals surface area contributed by atoms with Crippen molar-refractivity contribution in [1.29, 1.82) is 0 Å². The molecule has 3 fully saturated rings. The van der Waals surface area contributed by atoms with Gasteiger partial charge in [0.2, 0.25) is 0 Å². The van der Waals surface area contributed by atoms with E-state index in [4.69, 9.17) is 4.74 Å². The number of halogens is 2. The Bertz CT molecular complexity index is 1370. The molecular weight excluding hydrogens is 554 g/mol. The zero-order chi connectivity index (χ0) is 30.0. The summed E-state index contributed by atoms with van der Waals surface area (Å²) in [6.07, 6.45) is -0.635. The van der Waals surface area contributed by atoms with Gasteiger partial charge in [0.25, 0.3) is 0 Å². The second-order valence-electron chi connectivity index (χ2n) is 10.9. The number of hydrogen-bond acceptors (Lipinski definition) is 7. The van der Waals surface area contributed by atoms with E-state index in [-0.39, 0.29) is 24.1 Å². The van der Waals surface area contributed by atoms with Crippen molar-refractivity contribution < 1.29 is 42.9 Å². The van der Waals surface area contributed by atoms with Gasteiger partial charge in [-0.1, -0.05) is 24.3 Å². The lowest BCUT2D eigenvalue weighted by atomic mass is 9.98. The van der Waals surface area contributed by atoms with Crippen LogP contribution in [0.4, 0.5) is 24.1 Å². The molecule has 2 aromatic carbocycles. The fourth-order valence-electron chi connectivity index (χ4n) is 6.21. The molecule has 3 aliphatic heterocycles. The van der Waals surface area contributed by atoms with Gasteiger partial charge in [0.05, 0.1) is 12.8 Å². The number of cyclic esters (lactones) is 1. The summed E-state index contributed by atoms with van der Waals surface area (Å²) in [7, 11) is 0. The third kappa shape index (κ3) is 6.30. The number of rotatable bonds is 8. The number of carbonyl (C=O) groups is 4. The van der Waals surface area contributed by atoms with Crippen LogP contribution in [0, 0.1) is 11.6 Å². The fraction of sp³-hybridized carbons (Fsp3) is 0.448. The van der Waals surface area contributed by atoms with Gasteiger partial charge >= 0.3 is 24.1 Å². The molecule has 42 heavy (non-hydrogen) atoms. The Kier molecular flexibility index (Phi) is 8.57. The number of carboxylic acids is 2. The first-order valence-corrected chi connectivity index (χ1v) is 13.9. The minimum absolute atomic E-state index is 0.0395. The largest absolute Gasteiger partial charge is 0.481 e. The van der Waals surface area contributed by atoms with Gasteiger partial charge in [0, 0.05) is 44.0 Å². The summed E-state index contributed by atoms with van der Waals surface area (Å²) in [4.78, 5) is 53.9. The van der Waals surface area contributed by atoms with E-state index in [1.807, 2.05) is 24.3 Å². The molecule has 3 aliphatic rings. The predicted molar refractivity (Wildman–Crippen MR) is 145 cm³/mol. The molecule has 224 valence electrons. The van der Waals surface area contributed by atoms with Gasteiger partial charge in [-0.2, -0.15) is 0 Å². The maximum absolute atomic E-state index is 14.0. The number of likely N-dealkylation sites (tertiary alicyclic amines) is 1. The molecule has 0 spiro atoms. The molecule has 3 N–H and O–H groups in total. The van der Waals surface area contributed by atoms with Gasteiger partial charge in [-0.3, -0.25) is 14.5 Å². The first kappa shape index (κ1) is 29.2. The molecule has 3 saturated heterocycles. The minimum Gasteiger partial charge on any atom is -0.481 e. The van der Waals surface area contributed by atoms with E-state index in [2.05, 4.69) is 15.1 Å². The Morgan fingerprint density at radius 2 is 1.69 bits per heavy atom. The Labute approximate surface area is 240 Å². The maximum atomic E-state index is 14.0. The van der Waals surface area contributed by atoms with Gasteiger partial charge in [-0.05, 0) is 48.6 Å². The lowest BCUT2D eigenvalue weighted by Crippen LogP contribution is -2.49. The summed E-state index contributed by atoms with van der Waals surface area (Å²) in [5.41, 5.74) is 1.75. The second-order valence-corrected chi connectivity index (χ2v) is 10.9. The van der Waals surface area contributed by atoms with Crippen molar-refractivity contribution in [3.05, 3.63) is 65.2 Å². The molecule has 0 aromatic heterocycles. The summed E-state index contributed by atoms with van der Waals surface area (Å²) in [5, 5.41) is 21.4. The van der Waals surface area contributed by atoms with E-state index in [9.17, 15) is 38.2 Å². The van der Waals surface area contributed by atoms with Crippen molar-refractivity contribution >= 4 is 29.8 Å². The number of nitrogens with one attached hydrogen (secondary N) is 1. The number of carbonyl (C=O) groups excluding carboxylic acids is 2. The van der Waals surface area contributed by atoms with Crippen LogP contribution < -0.4 is 10.2 Å². The first-order chi connectivity index (χ1) is 20.1. The number of para-hydroxylation sites is 1. The number of piperidine rings is 1. The molecule has 2 aromatic rings. The smallest absolute Gasteiger partial charge is 0.419 e. The summed E-state index contributed by atoms with van der Waals surface area (Å²) >= 11 is 0. The van der Waals surface area contributed by atoms with Gasteiger partial charge in [0.15, 0.2) is 11.6 Å². The molecule has 0 radical (unpaired) electrons. The van der Waals surface area contributed by atoms with E-state index in [0.29, 0.717) is 13.0 Å². The number of imide groups is 1. The minimum atomic E-state index is -1.27. The number of amides is 3. The van der Waals surface area contributed by atoms with E-state index in [1.54, 1.807) is 0 Å². The van der Waals surface area contributed by atoms with Gasteiger partial charge in [-0.15, -0.1) is 0 Å². The number of carboxylic acid groups (broad SMARTS) is 2. The highest BCUT2D eigenvalue weighted by atomic mass is 19.2. The summed E-state index contributed by atoms with van der Waals surface area (Å²) < 4.78 is 32.8. The Balaban J connectivity index is 1.20. The molecule has 0 unspecified atom stereocenters. The standard InChI is InChI=1S/C29H32F2N4O7/c30-21-6-5-18(13-22(21)31)27-24(15-26(38)39)42-29(41)35(27)28(40)32-19-7-10-34(16-19)20-8-11-33(12-9-20)23-4-2-1-3-17(23)14-25(36)37/h1-6,13,19-20,24,27H,7-12,14-16H2,(H,32,40)(H,36,37)(H,38,39)/t19-,24-,27+/m1/s1. The van der Waals surface area contributed by atoms with Crippen molar-refractivity contribution in [1.82, 2.24) is 15.1 Å². The number of anilines is 1. The quantitative estimate of drug-likeness (QED) is 0.425. The highest BCUT2D eigenvalue weighted by molar-refractivity contribution is 5.93. The maximum Gasteiger partial charge on any atom is 0.419 e. The molecule has 0 saturated carbocycles. The summed E-state index contributed by atoms with van der Waals surface area (Å²) in [6.45, 7) is 2.79. The van der Waals surface area contributed by atoms with Gasteiger partial charge in [0.1, 0.15) is 12.1 Å². The summed E-state index contributed by atoms with van der Waals surface area (Å²) in [6, 6.07) is 8.34. The fourth-order valence-corrected chi connectivity index (χ4v) is 6.21. The van der Waals surface area contributed by atoms with Crippen molar-refractivity contribution in [2.45, 2.75) is 56.3 Å². The highest BCUT2D eigenvalue weighted by Crippen LogP contribution is 2.36. The van der Waals surface area contributed by atoms with Crippen LogP contribution in [0.2, 0.25) is 0 Å². The Morgan fingerprint density at radius 1 is 0.952 bits per heavy atom. The number of benzene rings is 2. The lowest BCUT2D eigenvalue weighted by molar-refractivity contribution is -0.139. The molecule has 5 rings (SSSR count). The first-order valence-electron chi connectivity index (χ1n) is 13.9. The van der Waals surface area contributed by atoms with E-state index >= 15 is 0 Å². The topological polar surface area (TPSA) is 140 Å². The molecule has 0 aliphatic carbocycles. The molecular formula is C29H32F2N4O7. The zero-order valence-electron chi connectivity index (χ0n) is 22.7. The summed E-state index contributed by atoms with van der Waals surface area (Å²) in [5.74, 6) is -4.45. The third-order valence-corrected chi connectivity index (χ3v) is 8.16. The number of urea groups is 1. The van der Waals surface area contributed by atoms with Crippen molar-refractivity contribution in [3.63, 3.8) is 0 Å². The molecule has 0 bridgehead atoms. The van der Waals surface area contributed by atoms with Crippen LogP contribution in [-0.2, 0) is 20.7 Å². The van der Waals surface area contributed by atoms with Crippen molar-refractivity contribution in [2.24, 2.45) is 0 Å². The monoisotopic (exact) mass is 586 g/mol.